The number of anilines is 1. The predicted molar refractivity (Wildman–Crippen MR) is 118 cm³/mol. The van der Waals surface area contributed by atoms with Crippen LogP contribution < -0.4 is 14.4 Å². The summed E-state index contributed by atoms with van der Waals surface area (Å²) in [4.78, 5) is 30.3. The molecule has 2 aromatic carbocycles. The maximum absolute atomic E-state index is 12.5. The molecular formula is C24H29N3O4. The van der Waals surface area contributed by atoms with Gasteiger partial charge in [0, 0.05) is 51.4 Å². The van der Waals surface area contributed by atoms with Gasteiger partial charge in [0.2, 0.25) is 5.91 Å². The molecule has 7 heteroatoms. The summed E-state index contributed by atoms with van der Waals surface area (Å²) in [6, 6.07) is 17.2. The molecule has 164 valence electrons. The first-order valence-corrected chi connectivity index (χ1v) is 10.9. The second-order valence-corrected chi connectivity index (χ2v) is 7.82. The maximum atomic E-state index is 12.5. The van der Waals surface area contributed by atoms with Crippen LogP contribution >= 0.6 is 0 Å². The van der Waals surface area contributed by atoms with Crippen molar-refractivity contribution in [2.24, 2.45) is 0 Å². The monoisotopic (exact) mass is 423 g/mol. The lowest BCUT2D eigenvalue weighted by Gasteiger charge is -2.34. The van der Waals surface area contributed by atoms with E-state index in [1.54, 1.807) is 4.90 Å². The molecule has 0 bridgehead atoms. The number of rotatable bonds is 8. The van der Waals surface area contributed by atoms with Crippen molar-refractivity contribution >= 4 is 17.5 Å². The van der Waals surface area contributed by atoms with E-state index < -0.39 is 0 Å². The van der Waals surface area contributed by atoms with E-state index in [1.807, 2.05) is 59.5 Å². The molecule has 7 nitrogen and oxygen atoms in total. The minimum Gasteiger partial charge on any atom is -0.492 e. The number of carbonyl (C=O) groups excluding carboxylic acids is 2. The van der Waals surface area contributed by atoms with Crippen LogP contribution in [0.1, 0.15) is 12.8 Å². The quantitative estimate of drug-likeness (QED) is 0.653. The van der Waals surface area contributed by atoms with Gasteiger partial charge in [-0.1, -0.05) is 18.2 Å². The highest BCUT2D eigenvalue weighted by Gasteiger charge is 2.23. The molecule has 0 saturated carbocycles. The molecule has 0 radical (unpaired) electrons. The molecule has 4 rings (SSSR count). The molecule has 2 amide bonds. The Hall–Kier alpha value is -3.06. The van der Waals surface area contributed by atoms with E-state index in [0.717, 1.165) is 44.0 Å². The first-order valence-electron chi connectivity index (χ1n) is 10.9. The summed E-state index contributed by atoms with van der Waals surface area (Å²) in [6.07, 6.45) is 1.51. The van der Waals surface area contributed by atoms with Crippen molar-refractivity contribution in [3.63, 3.8) is 0 Å². The smallest absolute Gasteiger partial charge is 0.260 e. The van der Waals surface area contributed by atoms with Gasteiger partial charge >= 0.3 is 0 Å². The Bertz CT molecular complexity index is 864. The van der Waals surface area contributed by atoms with Crippen LogP contribution in [-0.4, -0.2) is 74.1 Å². The van der Waals surface area contributed by atoms with Crippen LogP contribution in [0.25, 0.3) is 0 Å². The summed E-state index contributed by atoms with van der Waals surface area (Å²) < 4.78 is 11.4. The fraction of sp³-hybridized carbons (Fsp3) is 0.417. The first-order chi connectivity index (χ1) is 15.2. The molecule has 0 spiro atoms. The molecule has 2 aliphatic rings. The number of benzene rings is 2. The summed E-state index contributed by atoms with van der Waals surface area (Å²) >= 11 is 0. The number of nitrogens with zero attached hydrogens (tertiary/aromatic N) is 3. The number of hydrogen-bond donors (Lipinski definition) is 0. The second-order valence-electron chi connectivity index (χ2n) is 7.82. The van der Waals surface area contributed by atoms with Crippen LogP contribution in [0.4, 0.5) is 5.69 Å². The zero-order chi connectivity index (χ0) is 21.5. The van der Waals surface area contributed by atoms with E-state index in [-0.39, 0.29) is 18.4 Å². The summed E-state index contributed by atoms with van der Waals surface area (Å²) in [5, 5.41) is 0. The Balaban J connectivity index is 1.15. The Morgan fingerprint density at radius 3 is 2.23 bits per heavy atom. The molecule has 2 saturated heterocycles. The topological polar surface area (TPSA) is 62.3 Å². The molecule has 2 heterocycles. The minimum absolute atomic E-state index is 0.000942. The van der Waals surface area contributed by atoms with Crippen LogP contribution in [0, 0.1) is 0 Å². The predicted octanol–water partition coefficient (Wildman–Crippen LogP) is 2.42. The third kappa shape index (κ3) is 5.76. The summed E-state index contributed by atoms with van der Waals surface area (Å²) in [5.74, 6) is 1.68. The van der Waals surface area contributed by atoms with Crippen molar-refractivity contribution in [1.29, 1.82) is 0 Å². The molecule has 2 fully saturated rings. The first kappa shape index (κ1) is 21.2. The van der Waals surface area contributed by atoms with Crippen LogP contribution in [0.15, 0.2) is 54.6 Å². The normalized spacial score (nSPS) is 17.1. The highest BCUT2D eigenvalue weighted by molar-refractivity contribution is 5.95. The highest BCUT2D eigenvalue weighted by Crippen LogP contribution is 2.24. The van der Waals surface area contributed by atoms with Gasteiger partial charge in [0.25, 0.3) is 5.91 Å². The van der Waals surface area contributed by atoms with E-state index >= 15 is 0 Å². The van der Waals surface area contributed by atoms with E-state index in [2.05, 4.69) is 4.90 Å². The number of ether oxygens (including phenoxy) is 2. The number of hydrogen-bond acceptors (Lipinski definition) is 5. The Morgan fingerprint density at radius 2 is 1.55 bits per heavy atom. The van der Waals surface area contributed by atoms with Crippen LogP contribution in [-0.2, 0) is 9.59 Å². The highest BCUT2D eigenvalue weighted by atomic mass is 16.5. The van der Waals surface area contributed by atoms with Gasteiger partial charge in [-0.3, -0.25) is 14.5 Å². The van der Waals surface area contributed by atoms with Gasteiger partial charge in [-0.2, -0.15) is 0 Å². The van der Waals surface area contributed by atoms with Crippen molar-refractivity contribution in [2.45, 2.75) is 12.8 Å². The molecule has 0 aliphatic carbocycles. The lowest BCUT2D eigenvalue weighted by molar-refractivity contribution is -0.135. The fourth-order valence-electron chi connectivity index (χ4n) is 3.91. The standard InChI is InChI=1S/C24H29N3O4/c28-23-7-4-12-27(23)20-8-10-22(11-9-20)31-19-24(29)26-15-13-25(14-16-26)17-18-30-21-5-2-1-3-6-21/h1-3,5-6,8-11H,4,7,12-19H2. The average molecular weight is 424 g/mol. The minimum atomic E-state index is -0.000942. The van der Waals surface area contributed by atoms with Crippen molar-refractivity contribution < 1.29 is 19.1 Å². The molecule has 2 aromatic rings. The lowest BCUT2D eigenvalue weighted by Crippen LogP contribution is -2.50. The number of para-hydroxylation sites is 1. The lowest BCUT2D eigenvalue weighted by atomic mass is 10.3. The molecule has 0 N–H and O–H groups in total. The van der Waals surface area contributed by atoms with E-state index in [9.17, 15) is 9.59 Å². The fourth-order valence-corrected chi connectivity index (χ4v) is 3.91. The van der Waals surface area contributed by atoms with Crippen molar-refractivity contribution in [1.82, 2.24) is 9.80 Å². The van der Waals surface area contributed by atoms with Crippen molar-refractivity contribution in [2.75, 3.05) is 57.4 Å². The van der Waals surface area contributed by atoms with Crippen LogP contribution in [0.3, 0.4) is 0 Å². The van der Waals surface area contributed by atoms with Crippen molar-refractivity contribution in [3.05, 3.63) is 54.6 Å². The van der Waals surface area contributed by atoms with E-state index in [4.69, 9.17) is 9.47 Å². The summed E-state index contributed by atoms with van der Waals surface area (Å²) in [7, 11) is 0. The zero-order valence-corrected chi connectivity index (χ0v) is 17.7. The number of carbonyl (C=O) groups is 2. The second kappa shape index (κ2) is 10.3. The SMILES string of the molecule is O=C(COc1ccc(N2CCCC2=O)cc1)N1CCN(CCOc2ccccc2)CC1. The third-order valence-electron chi connectivity index (χ3n) is 5.73. The molecule has 0 atom stereocenters. The molecule has 2 aliphatic heterocycles. The van der Waals surface area contributed by atoms with Crippen LogP contribution in [0.5, 0.6) is 11.5 Å². The number of amides is 2. The van der Waals surface area contributed by atoms with Gasteiger partial charge in [-0.15, -0.1) is 0 Å². The largest absolute Gasteiger partial charge is 0.492 e. The van der Waals surface area contributed by atoms with Crippen LogP contribution in [0.2, 0.25) is 0 Å². The number of piperazine rings is 1. The Morgan fingerprint density at radius 1 is 0.839 bits per heavy atom. The van der Waals surface area contributed by atoms with Gasteiger partial charge in [0.15, 0.2) is 6.61 Å². The Kier molecular flexibility index (Phi) is 7.04. The zero-order valence-electron chi connectivity index (χ0n) is 17.7. The van der Waals surface area contributed by atoms with E-state index in [0.29, 0.717) is 31.9 Å². The molecule has 0 aromatic heterocycles. The summed E-state index contributed by atoms with van der Waals surface area (Å²) in [5.41, 5.74) is 0.883. The summed E-state index contributed by atoms with van der Waals surface area (Å²) in [6.45, 7) is 5.35. The van der Waals surface area contributed by atoms with E-state index in [1.165, 1.54) is 0 Å². The van der Waals surface area contributed by atoms with Gasteiger partial charge < -0.3 is 19.3 Å². The molecule has 0 unspecified atom stereocenters. The van der Waals surface area contributed by atoms with Gasteiger partial charge in [-0.25, -0.2) is 0 Å². The van der Waals surface area contributed by atoms with Gasteiger partial charge in [-0.05, 0) is 42.8 Å². The van der Waals surface area contributed by atoms with Gasteiger partial charge in [0.05, 0.1) is 0 Å². The van der Waals surface area contributed by atoms with Gasteiger partial charge in [0.1, 0.15) is 18.1 Å². The maximum Gasteiger partial charge on any atom is 0.260 e. The molecular weight excluding hydrogens is 394 g/mol. The average Bonchev–Trinajstić information content (AvgIpc) is 3.25. The molecule has 31 heavy (non-hydrogen) atoms. The third-order valence-corrected chi connectivity index (χ3v) is 5.73. The van der Waals surface area contributed by atoms with Crippen molar-refractivity contribution in [3.8, 4) is 11.5 Å². The Labute approximate surface area is 183 Å².